The maximum Gasteiger partial charge on any atom is 0.302 e. The number of carbonyl (C=O) groups is 2. The molecular weight excluding hydrogens is 478 g/mol. The number of anilines is 1. The zero-order valence-electron chi connectivity index (χ0n) is 20.3. The first-order chi connectivity index (χ1) is 17.5. The number of thioether (sulfide) groups is 1. The van der Waals surface area contributed by atoms with Crippen LogP contribution in [0.4, 0.5) is 10.5 Å². The summed E-state index contributed by atoms with van der Waals surface area (Å²) in [5.74, 6) is 0.948. The lowest BCUT2D eigenvalue weighted by atomic mass is 10.0. The van der Waals surface area contributed by atoms with E-state index in [-0.39, 0.29) is 22.1 Å². The van der Waals surface area contributed by atoms with E-state index in [4.69, 9.17) is 14.6 Å². The summed E-state index contributed by atoms with van der Waals surface area (Å²) in [6, 6.07) is 13.0. The predicted molar refractivity (Wildman–Crippen MR) is 140 cm³/mol. The number of aromatic nitrogens is 2. The molecule has 2 amide bonds. The molecule has 36 heavy (non-hydrogen) atoms. The molecule has 0 saturated carbocycles. The first-order valence-electron chi connectivity index (χ1n) is 11.6. The summed E-state index contributed by atoms with van der Waals surface area (Å²) in [4.78, 5) is 33.0. The lowest BCUT2D eigenvalue weighted by Gasteiger charge is -2.28. The van der Waals surface area contributed by atoms with Gasteiger partial charge in [0.1, 0.15) is 5.69 Å². The van der Waals surface area contributed by atoms with Crippen molar-refractivity contribution in [3.05, 3.63) is 77.9 Å². The summed E-state index contributed by atoms with van der Waals surface area (Å²) in [6.07, 6.45) is 5.14. The summed E-state index contributed by atoms with van der Waals surface area (Å²) in [5, 5.41) is 8.84. The lowest BCUT2D eigenvalue weighted by molar-refractivity contribution is 0.102. The molecule has 1 unspecified atom stereocenters. The average molecular weight is 506 g/mol. The fourth-order valence-electron chi connectivity index (χ4n) is 3.67. The SMILES string of the molecule is CCOc1ccc(C2=NN(Cc3ccc(NC(=O)c4cnccn4)cc3)C(=O)SC2CC)cc1OC. The molecule has 0 spiro atoms. The standard InChI is InChI=1S/C26H27N5O4S/c1-4-23-24(18-8-11-21(35-5-2)22(14-18)34-3)30-31(26(33)36-23)16-17-6-9-19(10-7-17)29-25(32)20-15-27-12-13-28-20/h6-15,23H,4-5,16H2,1-3H3,(H,29,32). The number of amides is 2. The quantitative estimate of drug-likeness (QED) is 0.437. The molecule has 1 N–H and O–H groups in total. The largest absolute Gasteiger partial charge is 0.493 e. The Labute approximate surface area is 213 Å². The zero-order valence-corrected chi connectivity index (χ0v) is 21.1. The number of carbonyl (C=O) groups excluding carboxylic acids is 2. The maximum atomic E-state index is 12.8. The highest BCUT2D eigenvalue weighted by Gasteiger charge is 2.30. The molecule has 3 aromatic rings. The minimum absolute atomic E-state index is 0.0601. The van der Waals surface area contributed by atoms with Gasteiger partial charge in [0.05, 0.1) is 37.4 Å². The van der Waals surface area contributed by atoms with Crippen molar-refractivity contribution in [2.24, 2.45) is 5.10 Å². The van der Waals surface area contributed by atoms with E-state index in [1.54, 1.807) is 19.2 Å². The molecule has 2 aromatic carbocycles. The number of methoxy groups -OCH3 is 1. The Bertz CT molecular complexity index is 1250. The van der Waals surface area contributed by atoms with Crippen molar-refractivity contribution in [2.45, 2.75) is 32.1 Å². The summed E-state index contributed by atoms with van der Waals surface area (Å²) in [6.45, 7) is 4.80. The van der Waals surface area contributed by atoms with Gasteiger partial charge in [-0.05, 0) is 49.2 Å². The van der Waals surface area contributed by atoms with Crippen molar-refractivity contribution in [1.29, 1.82) is 0 Å². The second kappa shape index (κ2) is 11.7. The summed E-state index contributed by atoms with van der Waals surface area (Å²) < 4.78 is 11.1. The molecule has 2 heterocycles. The van der Waals surface area contributed by atoms with Crippen molar-refractivity contribution in [2.75, 3.05) is 19.0 Å². The Kier molecular flexibility index (Phi) is 8.17. The molecule has 9 nitrogen and oxygen atoms in total. The molecule has 0 bridgehead atoms. The van der Waals surface area contributed by atoms with E-state index in [1.165, 1.54) is 35.4 Å². The Hall–Kier alpha value is -3.92. The van der Waals surface area contributed by atoms with Crippen LogP contribution in [0.25, 0.3) is 0 Å². The van der Waals surface area contributed by atoms with Gasteiger partial charge < -0.3 is 14.8 Å². The number of benzene rings is 2. The van der Waals surface area contributed by atoms with Crippen LogP contribution in [-0.4, -0.2) is 50.8 Å². The van der Waals surface area contributed by atoms with Gasteiger partial charge in [-0.15, -0.1) is 0 Å². The normalized spacial score (nSPS) is 15.3. The summed E-state index contributed by atoms with van der Waals surface area (Å²) >= 11 is 1.27. The smallest absolute Gasteiger partial charge is 0.302 e. The maximum absolute atomic E-state index is 12.8. The van der Waals surface area contributed by atoms with Crippen LogP contribution in [0.2, 0.25) is 0 Å². The van der Waals surface area contributed by atoms with Crippen molar-refractivity contribution >= 4 is 34.3 Å². The number of hydrogen-bond acceptors (Lipinski definition) is 8. The van der Waals surface area contributed by atoms with Crippen LogP contribution in [0.5, 0.6) is 11.5 Å². The third kappa shape index (κ3) is 5.83. The van der Waals surface area contributed by atoms with E-state index >= 15 is 0 Å². The zero-order chi connectivity index (χ0) is 25.5. The number of rotatable bonds is 9. The average Bonchev–Trinajstić information content (AvgIpc) is 2.91. The van der Waals surface area contributed by atoms with E-state index in [0.29, 0.717) is 30.3 Å². The minimum Gasteiger partial charge on any atom is -0.493 e. The van der Waals surface area contributed by atoms with Crippen LogP contribution in [-0.2, 0) is 6.54 Å². The van der Waals surface area contributed by atoms with Gasteiger partial charge >= 0.3 is 5.24 Å². The fourth-order valence-corrected chi connectivity index (χ4v) is 4.61. The van der Waals surface area contributed by atoms with Crippen molar-refractivity contribution in [3.8, 4) is 11.5 Å². The topological polar surface area (TPSA) is 106 Å². The molecule has 0 radical (unpaired) electrons. The molecule has 1 aliphatic heterocycles. The minimum atomic E-state index is -0.343. The molecule has 1 atom stereocenters. The molecular formula is C26H27N5O4S. The molecule has 186 valence electrons. The highest BCUT2D eigenvalue weighted by atomic mass is 32.2. The predicted octanol–water partition coefficient (Wildman–Crippen LogP) is 4.99. The Balaban J connectivity index is 1.52. The number of nitrogens with one attached hydrogen (secondary N) is 1. The van der Waals surface area contributed by atoms with E-state index < -0.39 is 0 Å². The van der Waals surface area contributed by atoms with Gasteiger partial charge in [-0.3, -0.25) is 14.6 Å². The molecule has 10 heteroatoms. The van der Waals surface area contributed by atoms with Gasteiger partial charge in [-0.25, -0.2) is 9.99 Å². The van der Waals surface area contributed by atoms with Crippen LogP contribution in [0.1, 0.15) is 41.9 Å². The summed E-state index contributed by atoms with van der Waals surface area (Å²) in [7, 11) is 1.60. The number of nitrogens with zero attached hydrogens (tertiary/aromatic N) is 4. The Morgan fingerprint density at radius 2 is 1.92 bits per heavy atom. The van der Waals surface area contributed by atoms with E-state index in [0.717, 1.165) is 23.3 Å². The highest BCUT2D eigenvalue weighted by Crippen LogP contribution is 2.34. The number of ether oxygens (including phenoxy) is 2. The van der Waals surface area contributed by atoms with E-state index in [9.17, 15) is 9.59 Å². The van der Waals surface area contributed by atoms with Gasteiger partial charge in [0.25, 0.3) is 5.91 Å². The fraction of sp³-hybridized carbons (Fsp3) is 0.269. The second-order valence-corrected chi connectivity index (χ2v) is 9.02. The van der Waals surface area contributed by atoms with Crippen molar-refractivity contribution in [3.63, 3.8) is 0 Å². The molecule has 0 aliphatic carbocycles. The Morgan fingerprint density at radius 1 is 1.11 bits per heavy atom. The molecule has 1 aromatic heterocycles. The van der Waals surface area contributed by atoms with Crippen LogP contribution in [0, 0.1) is 0 Å². The first kappa shape index (κ1) is 25.2. The van der Waals surface area contributed by atoms with Crippen molar-refractivity contribution < 1.29 is 19.1 Å². The Morgan fingerprint density at radius 3 is 2.58 bits per heavy atom. The summed E-state index contributed by atoms with van der Waals surface area (Å²) in [5.41, 5.74) is 3.43. The van der Waals surface area contributed by atoms with E-state index in [1.807, 2.05) is 44.2 Å². The van der Waals surface area contributed by atoms with Gasteiger partial charge in [-0.1, -0.05) is 30.8 Å². The van der Waals surface area contributed by atoms with Gasteiger partial charge in [0, 0.05) is 23.6 Å². The third-order valence-corrected chi connectivity index (χ3v) is 6.71. The van der Waals surface area contributed by atoms with Crippen LogP contribution < -0.4 is 14.8 Å². The number of hydrazone groups is 1. The van der Waals surface area contributed by atoms with Crippen LogP contribution >= 0.6 is 11.8 Å². The van der Waals surface area contributed by atoms with Crippen LogP contribution in [0.15, 0.2) is 66.2 Å². The molecule has 4 rings (SSSR count). The molecule has 0 fully saturated rings. The number of hydrogen-bond donors (Lipinski definition) is 1. The van der Waals surface area contributed by atoms with Crippen LogP contribution in [0.3, 0.4) is 0 Å². The van der Waals surface area contributed by atoms with E-state index in [2.05, 4.69) is 15.3 Å². The van der Waals surface area contributed by atoms with Gasteiger partial charge in [0.2, 0.25) is 0 Å². The van der Waals surface area contributed by atoms with Gasteiger partial charge in [0.15, 0.2) is 11.5 Å². The molecule has 0 saturated heterocycles. The van der Waals surface area contributed by atoms with Gasteiger partial charge in [-0.2, -0.15) is 5.10 Å². The first-order valence-corrected chi connectivity index (χ1v) is 12.4. The second-order valence-electron chi connectivity index (χ2n) is 7.86. The monoisotopic (exact) mass is 505 g/mol. The lowest BCUT2D eigenvalue weighted by Crippen LogP contribution is -2.34. The molecule has 1 aliphatic rings. The third-order valence-electron chi connectivity index (χ3n) is 5.46. The van der Waals surface area contributed by atoms with Crippen molar-refractivity contribution in [1.82, 2.24) is 15.0 Å². The highest BCUT2D eigenvalue weighted by molar-refractivity contribution is 8.14.